The smallest absolute Gasteiger partial charge is 0.255 e. The number of nitrogens with zero attached hydrogens (tertiary/aromatic N) is 2. The largest absolute Gasteiger partial charge is 0.487 e. The standard InChI is InChI=1S/C20H21N3O5/c1-12(2)8-13(21-11-24)10-28-17-5-3-4-14-15(17)9-23(20(14)27)16-6-7-18(25)22-19(16)26/h3-5,8,11,16H,6-7,9-10H2,1-2H3,(H,22,25,26). The van der Waals surface area contributed by atoms with Crippen molar-refractivity contribution in [1.29, 1.82) is 0 Å². The van der Waals surface area contributed by atoms with Gasteiger partial charge in [-0.3, -0.25) is 24.5 Å². The van der Waals surface area contributed by atoms with Gasteiger partial charge >= 0.3 is 0 Å². The highest BCUT2D eigenvalue weighted by molar-refractivity contribution is 6.05. The number of amides is 4. The summed E-state index contributed by atoms with van der Waals surface area (Å²) in [5.41, 5.74) is 2.60. The van der Waals surface area contributed by atoms with E-state index in [4.69, 9.17) is 4.74 Å². The van der Waals surface area contributed by atoms with E-state index in [9.17, 15) is 19.2 Å². The number of imide groups is 1. The van der Waals surface area contributed by atoms with Crippen LogP contribution < -0.4 is 10.1 Å². The van der Waals surface area contributed by atoms with Gasteiger partial charge in [0, 0.05) is 17.5 Å². The van der Waals surface area contributed by atoms with Crippen LogP contribution in [0.15, 0.2) is 34.8 Å². The second-order valence-electron chi connectivity index (χ2n) is 6.92. The molecule has 0 saturated carbocycles. The van der Waals surface area contributed by atoms with Gasteiger partial charge in [0.1, 0.15) is 18.4 Å². The molecule has 1 unspecified atom stereocenters. The third-order valence-electron chi connectivity index (χ3n) is 4.59. The predicted molar refractivity (Wildman–Crippen MR) is 101 cm³/mol. The molecule has 0 bridgehead atoms. The Hall–Kier alpha value is -3.29. The molecule has 1 aromatic rings. The van der Waals surface area contributed by atoms with Crippen molar-refractivity contribution in [2.75, 3.05) is 6.61 Å². The average molecular weight is 383 g/mol. The van der Waals surface area contributed by atoms with Gasteiger partial charge in [0.2, 0.25) is 18.2 Å². The molecule has 3 rings (SSSR count). The number of nitrogens with one attached hydrogen (secondary N) is 1. The highest BCUT2D eigenvalue weighted by atomic mass is 16.5. The molecule has 146 valence electrons. The third-order valence-corrected chi connectivity index (χ3v) is 4.59. The quantitative estimate of drug-likeness (QED) is 0.454. The summed E-state index contributed by atoms with van der Waals surface area (Å²) in [5, 5.41) is 2.28. The van der Waals surface area contributed by atoms with Gasteiger partial charge in [-0.15, -0.1) is 0 Å². The maximum Gasteiger partial charge on any atom is 0.255 e. The molecular formula is C20H21N3O5. The molecule has 0 spiro atoms. The zero-order chi connectivity index (χ0) is 20.3. The maximum absolute atomic E-state index is 12.8. The fraction of sp³-hybridized carbons (Fsp3) is 0.350. The third kappa shape index (κ3) is 4.00. The van der Waals surface area contributed by atoms with Crippen LogP contribution in [0.4, 0.5) is 0 Å². The molecule has 8 nitrogen and oxygen atoms in total. The lowest BCUT2D eigenvalue weighted by Crippen LogP contribution is -2.52. The Kier molecular flexibility index (Phi) is 5.67. The summed E-state index contributed by atoms with van der Waals surface area (Å²) in [7, 11) is 0. The van der Waals surface area contributed by atoms with Gasteiger partial charge < -0.3 is 9.64 Å². The Morgan fingerprint density at radius 2 is 2.11 bits per heavy atom. The van der Waals surface area contributed by atoms with E-state index in [0.717, 1.165) is 5.57 Å². The summed E-state index contributed by atoms with van der Waals surface area (Å²) in [6.45, 7) is 4.07. The first-order valence-corrected chi connectivity index (χ1v) is 8.95. The average Bonchev–Trinajstić information content (AvgIpc) is 2.97. The molecule has 1 aromatic carbocycles. The highest BCUT2D eigenvalue weighted by Crippen LogP contribution is 2.33. The second kappa shape index (κ2) is 8.16. The van der Waals surface area contributed by atoms with Crippen LogP contribution in [0, 0.1) is 0 Å². The molecule has 0 aromatic heterocycles. The van der Waals surface area contributed by atoms with Crippen LogP contribution in [-0.4, -0.2) is 47.4 Å². The molecule has 8 heteroatoms. The van der Waals surface area contributed by atoms with Crippen molar-refractivity contribution in [3.8, 4) is 5.75 Å². The minimum Gasteiger partial charge on any atom is -0.487 e. The van der Waals surface area contributed by atoms with Crippen molar-refractivity contribution in [1.82, 2.24) is 10.2 Å². The van der Waals surface area contributed by atoms with Crippen LogP contribution in [-0.2, 0) is 20.9 Å². The molecule has 0 radical (unpaired) electrons. The number of rotatable bonds is 6. The number of ether oxygens (including phenoxy) is 1. The van der Waals surface area contributed by atoms with Crippen LogP contribution in [0.2, 0.25) is 0 Å². The number of allylic oxidation sites excluding steroid dienone is 1. The molecule has 28 heavy (non-hydrogen) atoms. The highest BCUT2D eigenvalue weighted by Gasteiger charge is 2.40. The van der Waals surface area contributed by atoms with Crippen molar-refractivity contribution in [3.05, 3.63) is 41.0 Å². The monoisotopic (exact) mass is 383 g/mol. The molecule has 1 saturated heterocycles. The number of fused-ring (bicyclic) bond motifs is 1. The minimum absolute atomic E-state index is 0.0764. The molecule has 1 atom stereocenters. The van der Waals surface area contributed by atoms with Gasteiger partial charge in [-0.05, 0) is 38.5 Å². The van der Waals surface area contributed by atoms with Crippen LogP contribution in [0.1, 0.15) is 42.6 Å². The Bertz CT molecular complexity index is 899. The van der Waals surface area contributed by atoms with Crippen molar-refractivity contribution < 1.29 is 23.9 Å². The first-order chi connectivity index (χ1) is 13.4. The van der Waals surface area contributed by atoms with Crippen LogP contribution in [0.5, 0.6) is 5.75 Å². The Morgan fingerprint density at radius 3 is 2.79 bits per heavy atom. The lowest BCUT2D eigenvalue weighted by molar-refractivity contribution is -0.136. The summed E-state index contributed by atoms with van der Waals surface area (Å²) in [5.74, 6) is -0.540. The minimum atomic E-state index is -0.677. The number of hydrogen-bond donors (Lipinski definition) is 1. The van der Waals surface area contributed by atoms with E-state index in [0.29, 0.717) is 35.4 Å². The fourth-order valence-electron chi connectivity index (χ4n) is 3.36. The van der Waals surface area contributed by atoms with Gasteiger partial charge in [-0.25, -0.2) is 4.99 Å². The zero-order valence-corrected chi connectivity index (χ0v) is 15.7. The van der Waals surface area contributed by atoms with Crippen LogP contribution >= 0.6 is 0 Å². The molecule has 0 aliphatic carbocycles. The number of carbonyl (C=O) groups excluding carboxylic acids is 4. The van der Waals surface area contributed by atoms with E-state index in [1.165, 1.54) is 4.90 Å². The Morgan fingerprint density at radius 1 is 1.32 bits per heavy atom. The summed E-state index contributed by atoms with van der Waals surface area (Å²) in [6.07, 6.45) is 2.71. The topological polar surface area (TPSA) is 105 Å². The van der Waals surface area contributed by atoms with E-state index < -0.39 is 11.9 Å². The van der Waals surface area contributed by atoms with Crippen molar-refractivity contribution >= 4 is 29.8 Å². The molecule has 4 amide bonds. The van der Waals surface area contributed by atoms with Gasteiger partial charge in [0.15, 0.2) is 0 Å². The maximum atomic E-state index is 12.8. The molecule has 1 N–H and O–H groups in total. The molecular weight excluding hydrogens is 362 g/mol. The van der Waals surface area contributed by atoms with Crippen molar-refractivity contribution in [2.24, 2.45) is 4.99 Å². The second-order valence-corrected chi connectivity index (χ2v) is 6.92. The van der Waals surface area contributed by atoms with Gasteiger partial charge in [-0.2, -0.15) is 0 Å². The van der Waals surface area contributed by atoms with E-state index in [1.54, 1.807) is 24.3 Å². The van der Waals surface area contributed by atoms with E-state index >= 15 is 0 Å². The van der Waals surface area contributed by atoms with Gasteiger partial charge in [0.25, 0.3) is 5.91 Å². The molecule has 1 fully saturated rings. The first kappa shape index (κ1) is 19.5. The number of piperidine rings is 1. The Labute approximate surface area is 162 Å². The lowest BCUT2D eigenvalue weighted by atomic mass is 10.0. The lowest BCUT2D eigenvalue weighted by Gasteiger charge is -2.29. The zero-order valence-electron chi connectivity index (χ0n) is 15.7. The number of benzene rings is 1. The predicted octanol–water partition coefficient (Wildman–Crippen LogP) is 1.39. The fourth-order valence-corrected chi connectivity index (χ4v) is 3.36. The number of carbonyl (C=O) groups is 4. The van der Waals surface area contributed by atoms with Crippen molar-refractivity contribution in [3.63, 3.8) is 0 Å². The Balaban J connectivity index is 1.79. The molecule has 2 heterocycles. The SMILES string of the molecule is CC(C)=CC(COc1cccc2c1CN(C1CCC(=O)NC1=O)C2=O)=NC=O. The van der Waals surface area contributed by atoms with E-state index in [-0.39, 0.29) is 31.4 Å². The molecule has 2 aliphatic rings. The summed E-state index contributed by atoms with van der Waals surface area (Å²) < 4.78 is 5.82. The summed E-state index contributed by atoms with van der Waals surface area (Å²) in [4.78, 5) is 52.3. The number of hydrogen-bond acceptors (Lipinski definition) is 5. The first-order valence-electron chi connectivity index (χ1n) is 8.95. The van der Waals surface area contributed by atoms with E-state index in [1.807, 2.05) is 13.8 Å². The van der Waals surface area contributed by atoms with Crippen molar-refractivity contribution in [2.45, 2.75) is 39.3 Å². The number of aliphatic imine (C=N–C) groups is 1. The van der Waals surface area contributed by atoms with E-state index in [2.05, 4.69) is 10.3 Å². The van der Waals surface area contributed by atoms with Gasteiger partial charge in [0.05, 0.1) is 12.3 Å². The molecule has 2 aliphatic heterocycles. The van der Waals surface area contributed by atoms with Crippen LogP contribution in [0.3, 0.4) is 0 Å². The van der Waals surface area contributed by atoms with Crippen LogP contribution in [0.25, 0.3) is 0 Å². The normalized spacial score (nSPS) is 19.2. The summed E-state index contributed by atoms with van der Waals surface area (Å²) in [6, 6.07) is 4.45. The van der Waals surface area contributed by atoms with Gasteiger partial charge in [-0.1, -0.05) is 11.6 Å². The summed E-state index contributed by atoms with van der Waals surface area (Å²) >= 11 is 0.